The summed E-state index contributed by atoms with van der Waals surface area (Å²) >= 11 is 12.3. The number of carbonyl (C=O) groups is 2. The summed E-state index contributed by atoms with van der Waals surface area (Å²) in [5, 5.41) is 39.7. The maximum Gasteiger partial charge on any atom is 0.338 e. The Kier molecular flexibility index (Phi) is 10.3. The second-order valence-electron chi connectivity index (χ2n) is 12.2. The highest BCUT2D eigenvalue weighted by Crippen LogP contribution is 2.47. The van der Waals surface area contributed by atoms with Crippen LogP contribution in [0.25, 0.3) is 0 Å². The van der Waals surface area contributed by atoms with Crippen LogP contribution < -0.4 is 5.32 Å². The van der Waals surface area contributed by atoms with E-state index in [0.29, 0.717) is 16.3 Å². The number of anilines is 1. The Balaban J connectivity index is 1.64. The van der Waals surface area contributed by atoms with Crippen molar-refractivity contribution < 1.29 is 33.7 Å². The van der Waals surface area contributed by atoms with Crippen molar-refractivity contribution in [3.8, 4) is 0 Å². The number of halogens is 3. The molecule has 1 saturated heterocycles. The van der Waals surface area contributed by atoms with Crippen LogP contribution in [-0.4, -0.2) is 63.5 Å². The van der Waals surface area contributed by atoms with Gasteiger partial charge in [0.15, 0.2) is 0 Å². The lowest BCUT2D eigenvalue weighted by Crippen LogP contribution is -2.47. The molecule has 0 spiro atoms. The van der Waals surface area contributed by atoms with E-state index in [1.165, 1.54) is 43.3 Å². The van der Waals surface area contributed by atoms with Crippen LogP contribution in [0.5, 0.6) is 0 Å². The zero-order valence-corrected chi connectivity index (χ0v) is 27.7. The van der Waals surface area contributed by atoms with E-state index in [4.69, 9.17) is 27.9 Å². The molecule has 1 heterocycles. The Bertz CT molecular complexity index is 1790. The molecule has 5 rings (SSSR count). The molecule has 1 unspecified atom stereocenters. The minimum absolute atomic E-state index is 0.0523. The normalized spacial score (nSPS) is 21.5. The average molecular weight is 704 g/mol. The largest absolute Gasteiger partial charge is 0.465 e. The van der Waals surface area contributed by atoms with Crippen molar-refractivity contribution in [3.05, 3.63) is 112 Å². The Hall–Kier alpha value is -4.17. The first-order valence-corrected chi connectivity index (χ1v) is 15.9. The maximum atomic E-state index is 15.8. The lowest BCUT2D eigenvalue weighted by Gasteiger charge is -2.31. The molecular formula is C33H33Cl2FN4O8. The summed E-state index contributed by atoms with van der Waals surface area (Å²) in [4.78, 5) is 52.0. The molecule has 5 atom stereocenters. The number of ether oxygens (including phenoxy) is 1. The molecular weight excluding hydrogens is 670 g/mol. The van der Waals surface area contributed by atoms with Crippen LogP contribution in [-0.2, 0) is 9.53 Å². The van der Waals surface area contributed by atoms with E-state index in [1.54, 1.807) is 24.0 Å². The number of aliphatic hydroxyl groups is 1. The number of nitro groups is 2. The number of nitro benzene ring substituents is 1. The minimum atomic E-state index is -1.65. The van der Waals surface area contributed by atoms with E-state index in [9.17, 15) is 34.9 Å². The summed E-state index contributed by atoms with van der Waals surface area (Å²) in [6.07, 6.45) is -0.472. The van der Waals surface area contributed by atoms with Gasteiger partial charge >= 0.3 is 5.97 Å². The number of carbonyl (C=O) groups excluding carboxylic acids is 2. The van der Waals surface area contributed by atoms with Crippen LogP contribution in [0, 0.1) is 45.8 Å². The highest BCUT2D eigenvalue weighted by Gasteiger charge is 2.60. The van der Waals surface area contributed by atoms with Crippen molar-refractivity contribution in [1.29, 1.82) is 0 Å². The molecule has 12 nitrogen and oxygen atoms in total. The topological polar surface area (TPSA) is 165 Å². The van der Waals surface area contributed by atoms with Crippen LogP contribution in [0.3, 0.4) is 0 Å². The number of aryl methyl sites for hydroxylation is 1. The van der Waals surface area contributed by atoms with Crippen molar-refractivity contribution in [1.82, 2.24) is 4.90 Å². The van der Waals surface area contributed by atoms with Crippen LogP contribution in [0.15, 0.2) is 48.5 Å². The third-order valence-electron chi connectivity index (χ3n) is 9.24. The molecule has 2 N–H and O–H groups in total. The number of hydrogen-bond donors (Lipinski definition) is 2. The Labute approximate surface area is 285 Å². The first kappa shape index (κ1) is 35.1. The van der Waals surface area contributed by atoms with Crippen molar-refractivity contribution in [3.63, 3.8) is 0 Å². The van der Waals surface area contributed by atoms with Gasteiger partial charge in [-0.15, -0.1) is 0 Å². The summed E-state index contributed by atoms with van der Waals surface area (Å²) in [6.45, 7) is 3.30. The predicted molar refractivity (Wildman–Crippen MR) is 176 cm³/mol. The quantitative estimate of drug-likeness (QED) is 0.131. The molecule has 1 saturated carbocycles. The van der Waals surface area contributed by atoms with Crippen molar-refractivity contribution >= 4 is 46.5 Å². The van der Waals surface area contributed by atoms with Crippen LogP contribution in [0.4, 0.5) is 15.8 Å². The summed E-state index contributed by atoms with van der Waals surface area (Å²) < 4.78 is 20.5. The van der Waals surface area contributed by atoms with Gasteiger partial charge in [-0.2, -0.15) is 0 Å². The number of likely N-dealkylation sites (tertiary alicyclic amines) is 1. The second kappa shape index (κ2) is 14.1. The summed E-state index contributed by atoms with van der Waals surface area (Å²) in [7, 11) is 1.13. The summed E-state index contributed by atoms with van der Waals surface area (Å²) in [5.41, 5.74) is 0.0364. The number of methoxy groups -OCH3 is 1. The van der Waals surface area contributed by atoms with Gasteiger partial charge in [0.2, 0.25) is 11.9 Å². The van der Waals surface area contributed by atoms with Crippen LogP contribution in [0.2, 0.25) is 10.0 Å². The van der Waals surface area contributed by atoms with Gasteiger partial charge in [-0.25, -0.2) is 9.18 Å². The van der Waals surface area contributed by atoms with Gasteiger partial charge in [0.25, 0.3) is 5.69 Å². The molecule has 2 aliphatic rings. The molecule has 0 radical (unpaired) electrons. The molecule has 15 heteroatoms. The molecule has 48 heavy (non-hydrogen) atoms. The first-order chi connectivity index (χ1) is 22.7. The van der Waals surface area contributed by atoms with E-state index in [-0.39, 0.29) is 39.7 Å². The molecule has 0 bridgehead atoms. The number of esters is 1. The number of rotatable bonds is 11. The zero-order valence-electron chi connectivity index (χ0n) is 26.2. The predicted octanol–water partition coefficient (Wildman–Crippen LogP) is 6.40. The third-order valence-corrected chi connectivity index (χ3v) is 9.76. The molecule has 2 fully saturated rings. The van der Waals surface area contributed by atoms with Gasteiger partial charge in [-0.05, 0) is 74.9 Å². The van der Waals surface area contributed by atoms with Gasteiger partial charge in [-0.3, -0.25) is 29.9 Å². The molecule has 0 aromatic heterocycles. The SMILES string of the molecule is COC(=O)c1ccc(C(O)C[C@H]2[C@@H]([N+](=O)[O-])[C@H](c3cccc(Cl)c3F)[C@H](C(=O)Nc3cc(Cl)ccc3C)N2CC2CC2)c([N+](=O)[O-])c1C. The van der Waals surface area contributed by atoms with Crippen molar-refractivity contribution in [2.24, 2.45) is 5.92 Å². The number of amides is 1. The smallest absolute Gasteiger partial charge is 0.338 e. The van der Waals surface area contributed by atoms with Gasteiger partial charge in [0.1, 0.15) is 11.9 Å². The Morgan fingerprint density at radius 1 is 1.12 bits per heavy atom. The van der Waals surface area contributed by atoms with E-state index < -0.39 is 69.8 Å². The summed E-state index contributed by atoms with van der Waals surface area (Å²) in [5.74, 6) is -3.66. The average Bonchev–Trinajstić information content (AvgIpc) is 3.80. The van der Waals surface area contributed by atoms with Gasteiger partial charge in [0.05, 0.1) is 46.2 Å². The fourth-order valence-electron chi connectivity index (χ4n) is 6.73. The van der Waals surface area contributed by atoms with Crippen molar-refractivity contribution in [2.75, 3.05) is 19.0 Å². The van der Waals surface area contributed by atoms with Crippen molar-refractivity contribution in [2.45, 2.75) is 63.3 Å². The van der Waals surface area contributed by atoms with Gasteiger partial charge < -0.3 is 15.2 Å². The minimum Gasteiger partial charge on any atom is -0.465 e. The molecule has 1 amide bonds. The van der Waals surface area contributed by atoms with Crippen LogP contribution >= 0.6 is 23.2 Å². The highest BCUT2D eigenvalue weighted by molar-refractivity contribution is 6.31. The van der Waals surface area contributed by atoms with E-state index >= 15 is 4.39 Å². The molecule has 3 aromatic rings. The Morgan fingerprint density at radius 3 is 2.46 bits per heavy atom. The third kappa shape index (κ3) is 6.86. The first-order valence-electron chi connectivity index (χ1n) is 15.2. The second-order valence-corrected chi connectivity index (χ2v) is 13.1. The fourth-order valence-corrected chi connectivity index (χ4v) is 7.08. The Morgan fingerprint density at radius 2 is 1.83 bits per heavy atom. The number of hydrogen-bond acceptors (Lipinski definition) is 9. The van der Waals surface area contributed by atoms with E-state index in [2.05, 4.69) is 5.32 Å². The van der Waals surface area contributed by atoms with Gasteiger partial charge in [0, 0.05) is 33.3 Å². The van der Waals surface area contributed by atoms with E-state index in [0.717, 1.165) is 20.0 Å². The number of benzene rings is 3. The fraction of sp³-hybridized carbons (Fsp3) is 0.394. The standard InChI is InChI=1S/C33H33Cl2FN4O8/c1-16-7-10-19(34)13-24(16)37-32(42)31-27(22-5-4-6-23(35)28(22)36)30(40(46)47)25(38(31)15-18-8-9-18)14-26(41)21-12-11-20(33(43)48-3)17(2)29(21)39(44)45/h4-7,10-13,18,25-27,30-31,41H,8-9,14-15H2,1-3H3,(H,37,42)/t25-,26?,27-,30+,31+/m0/s1. The number of aliphatic hydroxyl groups excluding tert-OH is 1. The molecule has 3 aromatic carbocycles. The molecule has 1 aliphatic heterocycles. The molecule has 254 valence electrons. The number of nitrogens with zero attached hydrogens (tertiary/aromatic N) is 3. The monoisotopic (exact) mass is 702 g/mol. The zero-order chi connectivity index (χ0) is 35.0. The summed E-state index contributed by atoms with van der Waals surface area (Å²) in [6, 6.07) is 7.32. The maximum absolute atomic E-state index is 15.8. The van der Waals surface area contributed by atoms with E-state index in [1.807, 2.05) is 0 Å². The number of nitrogens with one attached hydrogen (secondary N) is 1. The lowest BCUT2D eigenvalue weighted by molar-refractivity contribution is -0.528. The molecule has 1 aliphatic carbocycles. The van der Waals surface area contributed by atoms with Gasteiger partial charge in [-0.1, -0.05) is 41.4 Å². The lowest BCUT2D eigenvalue weighted by atomic mass is 9.84. The van der Waals surface area contributed by atoms with Crippen LogP contribution in [0.1, 0.15) is 63.9 Å². The highest BCUT2D eigenvalue weighted by atomic mass is 35.5.